The van der Waals surface area contributed by atoms with Gasteiger partial charge in [0, 0.05) is 12.8 Å². The second kappa shape index (κ2) is 4.51. The normalized spacial score (nSPS) is 31.8. The van der Waals surface area contributed by atoms with Crippen LogP contribution in [-0.4, -0.2) is 37.9 Å². The molecule has 2 atom stereocenters. The van der Waals surface area contributed by atoms with E-state index in [0.717, 1.165) is 19.1 Å². The van der Waals surface area contributed by atoms with Crippen molar-refractivity contribution in [1.82, 2.24) is 0 Å². The number of carbonyl (C=O) groups is 2. The molecular formula is C11H16O5. The summed E-state index contributed by atoms with van der Waals surface area (Å²) in [6.07, 6.45) is 2.41. The first kappa shape index (κ1) is 11.5. The molecule has 0 N–H and O–H groups in total. The lowest BCUT2D eigenvalue weighted by molar-refractivity contribution is -0.213. The van der Waals surface area contributed by atoms with Gasteiger partial charge in [0.2, 0.25) is 0 Å². The Bertz CT molecular complexity index is 282. The maximum Gasteiger partial charge on any atom is 0.302 e. The molecule has 16 heavy (non-hydrogen) atoms. The molecule has 1 spiro atoms. The molecule has 2 rings (SSSR count). The molecule has 2 aliphatic rings. The lowest BCUT2D eigenvalue weighted by Gasteiger charge is -2.31. The highest BCUT2D eigenvalue weighted by molar-refractivity contribution is 5.66. The van der Waals surface area contributed by atoms with Gasteiger partial charge in [-0.2, -0.15) is 0 Å². The zero-order chi connectivity index (χ0) is 11.6. The molecule has 0 unspecified atom stereocenters. The van der Waals surface area contributed by atoms with Gasteiger partial charge in [-0.05, 0) is 12.8 Å². The van der Waals surface area contributed by atoms with E-state index in [0.29, 0.717) is 13.2 Å². The van der Waals surface area contributed by atoms with Crippen molar-refractivity contribution < 1.29 is 23.8 Å². The maximum atomic E-state index is 11.0. The molecule has 5 heteroatoms. The lowest BCUT2D eigenvalue weighted by Crippen LogP contribution is -2.43. The van der Waals surface area contributed by atoms with Gasteiger partial charge in [0.05, 0.1) is 25.7 Å². The highest BCUT2D eigenvalue weighted by atomic mass is 16.7. The fraction of sp³-hybridized carbons (Fsp3) is 0.818. The summed E-state index contributed by atoms with van der Waals surface area (Å²) in [5.41, 5.74) is 0. The fourth-order valence-corrected chi connectivity index (χ4v) is 2.56. The molecule has 90 valence electrons. The van der Waals surface area contributed by atoms with Crippen LogP contribution < -0.4 is 0 Å². The lowest BCUT2D eigenvalue weighted by atomic mass is 9.97. The average Bonchev–Trinajstić information content (AvgIpc) is 2.85. The number of aldehydes is 1. The first-order valence-corrected chi connectivity index (χ1v) is 5.55. The van der Waals surface area contributed by atoms with Crippen molar-refractivity contribution in [2.45, 2.75) is 25.6 Å². The minimum Gasteiger partial charge on any atom is -0.465 e. The summed E-state index contributed by atoms with van der Waals surface area (Å²) >= 11 is 0. The van der Waals surface area contributed by atoms with Crippen LogP contribution in [0, 0.1) is 11.8 Å². The quantitative estimate of drug-likeness (QED) is 0.520. The highest BCUT2D eigenvalue weighted by Crippen LogP contribution is 2.45. The maximum absolute atomic E-state index is 11.0. The Morgan fingerprint density at radius 3 is 2.69 bits per heavy atom. The summed E-state index contributed by atoms with van der Waals surface area (Å²) in [5, 5.41) is 0. The van der Waals surface area contributed by atoms with Gasteiger partial charge >= 0.3 is 5.97 Å². The molecule has 0 bridgehead atoms. The van der Waals surface area contributed by atoms with Crippen LogP contribution in [0.3, 0.4) is 0 Å². The molecule has 0 radical (unpaired) electrons. The van der Waals surface area contributed by atoms with E-state index in [1.807, 2.05) is 0 Å². The Morgan fingerprint density at radius 2 is 2.12 bits per heavy atom. The Balaban J connectivity index is 2.06. The SMILES string of the molecule is CC(=O)OC[C@@H]1CC[C@H](C=O)C12OCCO2. The number of hydrogen-bond acceptors (Lipinski definition) is 5. The molecule has 1 saturated carbocycles. The topological polar surface area (TPSA) is 61.8 Å². The number of ether oxygens (including phenoxy) is 3. The molecule has 0 amide bonds. The second-order valence-electron chi connectivity index (χ2n) is 4.24. The smallest absolute Gasteiger partial charge is 0.302 e. The predicted octanol–water partition coefficient (Wildman–Crippen LogP) is 0.518. The third-order valence-electron chi connectivity index (χ3n) is 3.30. The average molecular weight is 228 g/mol. The Kier molecular flexibility index (Phi) is 3.25. The monoisotopic (exact) mass is 228 g/mol. The molecule has 0 aromatic heterocycles. The van der Waals surface area contributed by atoms with Crippen LogP contribution in [0.4, 0.5) is 0 Å². The molecule has 0 aromatic rings. The number of esters is 1. The highest BCUT2D eigenvalue weighted by Gasteiger charge is 2.55. The standard InChI is InChI=1S/C11H16O5/c1-8(13)14-7-10-3-2-9(6-12)11(10)15-4-5-16-11/h6,9-10H,2-5,7H2,1H3/t9-,10+/m1/s1. The van der Waals surface area contributed by atoms with Gasteiger partial charge in [-0.1, -0.05) is 0 Å². The minimum absolute atomic E-state index is 0.0332. The molecule has 1 saturated heterocycles. The van der Waals surface area contributed by atoms with E-state index >= 15 is 0 Å². The zero-order valence-electron chi connectivity index (χ0n) is 9.31. The van der Waals surface area contributed by atoms with Gasteiger partial charge in [-0.3, -0.25) is 4.79 Å². The molecule has 1 aliphatic heterocycles. The van der Waals surface area contributed by atoms with Crippen molar-refractivity contribution in [3.05, 3.63) is 0 Å². The third kappa shape index (κ3) is 1.85. The Hall–Kier alpha value is -0.940. The van der Waals surface area contributed by atoms with Crippen molar-refractivity contribution >= 4 is 12.3 Å². The zero-order valence-corrected chi connectivity index (χ0v) is 9.31. The Morgan fingerprint density at radius 1 is 1.44 bits per heavy atom. The van der Waals surface area contributed by atoms with Crippen molar-refractivity contribution in [1.29, 1.82) is 0 Å². The van der Waals surface area contributed by atoms with E-state index < -0.39 is 5.79 Å². The van der Waals surface area contributed by atoms with Gasteiger partial charge < -0.3 is 19.0 Å². The molecule has 1 aliphatic carbocycles. The van der Waals surface area contributed by atoms with E-state index in [-0.39, 0.29) is 24.4 Å². The first-order valence-electron chi connectivity index (χ1n) is 5.55. The van der Waals surface area contributed by atoms with E-state index in [2.05, 4.69) is 0 Å². The molecule has 0 aromatic carbocycles. The number of carbonyl (C=O) groups excluding carboxylic acids is 2. The van der Waals surface area contributed by atoms with Crippen molar-refractivity contribution in [2.75, 3.05) is 19.8 Å². The fourth-order valence-electron chi connectivity index (χ4n) is 2.56. The first-order chi connectivity index (χ1) is 7.69. The largest absolute Gasteiger partial charge is 0.465 e. The van der Waals surface area contributed by atoms with Crippen LogP contribution in [0.25, 0.3) is 0 Å². The van der Waals surface area contributed by atoms with Crippen LogP contribution in [0.2, 0.25) is 0 Å². The summed E-state index contributed by atoms with van der Waals surface area (Å²) in [5.74, 6) is -1.43. The van der Waals surface area contributed by atoms with E-state index in [4.69, 9.17) is 14.2 Å². The van der Waals surface area contributed by atoms with Gasteiger partial charge in [0.1, 0.15) is 6.29 Å². The van der Waals surface area contributed by atoms with Gasteiger partial charge in [0.25, 0.3) is 0 Å². The van der Waals surface area contributed by atoms with E-state index in [1.54, 1.807) is 0 Å². The van der Waals surface area contributed by atoms with Gasteiger partial charge in [-0.25, -0.2) is 0 Å². The van der Waals surface area contributed by atoms with Crippen molar-refractivity contribution in [3.8, 4) is 0 Å². The van der Waals surface area contributed by atoms with Crippen molar-refractivity contribution in [2.24, 2.45) is 11.8 Å². The predicted molar refractivity (Wildman–Crippen MR) is 53.5 cm³/mol. The molecule has 1 heterocycles. The summed E-state index contributed by atoms with van der Waals surface area (Å²) < 4.78 is 16.2. The van der Waals surface area contributed by atoms with Gasteiger partial charge in [-0.15, -0.1) is 0 Å². The second-order valence-corrected chi connectivity index (χ2v) is 4.24. The van der Waals surface area contributed by atoms with Crippen LogP contribution >= 0.6 is 0 Å². The van der Waals surface area contributed by atoms with Crippen LogP contribution in [0.5, 0.6) is 0 Å². The van der Waals surface area contributed by atoms with Crippen LogP contribution in [0.1, 0.15) is 19.8 Å². The summed E-state index contributed by atoms with van der Waals surface area (Å²) in [7, 11) is 0. The number of rotatable bonds is 3. The molecule has 5 nitrogen and oxygen atoms in total. The summed E-state index contributed by atoms with van der Waals surface area (Å²) in [6.45, 7) is 2.64. The number of hydrogen-bond donors (Lipinski definition) is 0. The van der Waals surface area contributed by atoms with Crippen LogP contribution in [-0.2, 0) is 23.8 Å². The Labute approximate surface area is 94.0 Å². The van der Waals surface area contributed by atoms with E-state index in [9.17, 15) is 9.59 Å². The summed E-state index contributed by atoms with van der Waals surface area (Å²) in [4.78, 5) is 21.8. The summed E-state index contributed by atoms with van der Waals surface area (Å²) in [6, 6.07) is 0. The van der Waals surface area contributed by atoms with Crippen LogP contribution in [0.15, 0.2) is 0 Å². The third-order valence-corrected chi connectivity index (χ3v) is 3.30. The van der Waals surface area contributed by atoms with Gasteiger partial charge in [0.15, 0.2) is 5.79 Å². The van der Waals surface area contributed by atoms with Crippen molar-refractivity contribution in [3.63, 3.8) is 0 Å². The molecule has 2 fully saturated rings. The minimum atomic E-state index is -0.836. The van der Waals surface area contributed by atoms with E-state index in [1.165, 1.54) is 6.92 Å². The molecular weight excluding hydrogens is 212 g/mol.